The van der Waals surface area contributed by atoms with Gasteiger partial charge in [0.25, 0.3) is 0 Å². The van der Waals surface area contributed by atoms with E-state index in [1.54, 1.807) is 0 Å². The van der Waals surface area contributed by atoms with Crippen molar-refractivity contribution in [3.8, 4) is 0 Å². The lowest BCUT2D eigenvalue weighted by molar-refractivity contribution is 0.298. The number of halogens is 2. The monoisotopic (exact) mass is 381 g/mol. The minimum absolute atomic E-state index is 0.110. The maximum Gasteiger partial charge on any atom is 0.0606 e. The highest BCUT2D eigenvalue weighted by Gasteiger charge is 2.17. The molecule has 0 aromatic heterocycles. The van der Waals surface area contributed by atoms with E-state index in [9.17, 15) is 5.11 Å². The van der Waals surface area contributed by atoms with Crippen LogP contribution < -0.4 is 4.90 Å². The van der Waals surface area contributed by atoms with Crippen LogP contribution in [0.2, 0.25) is 5.02 Å². The van der Waals surface area contributed by atoms with Crippen LogP contribution in [0.3, 0.4) is 0 Å². The van der Waals surface area contributed by atoms with E-state index in [-0.39, 0.29) is 12.6 Å². The van der Waals surface area contributed by atoms with Crippen molar-refractivity contribution >= 4 is 33.2 Å². The van der Waals surface area contributed by atoms with E-state index in [0.29, 0.717) is 6.54 Å². The summed E-state index contributed by atoms with van der Waals surface area (Å²) in [5, 5.41) is 10.2. The Hall–Kier alpha value is -1.03. The summed E-state index contributed by atoms with van der Waals surface area (Å²) in [5.41, 5.74) is 4.53. The third kappa shape index (κ3) is 3.83. The van der Waals surface area contributed by atoms with Gasteiger partial charge in [-0.15, -0.1) is 0 Å². The molecule has 1 atom stereocenters. The van der Waals surface area contributed by atoms with Gasteiger partial charge in [0.15, 0.2) is 0 Å². The second-order valence-electron chi connectivity index (χ2n) is 5.54. The summed E-state index contributed by atoms with van der Waals surface area (Å²) in [7, 11) is 0. The number of benzene rings is 2. The van der Waals surface area contributed by atoms with E-state index in [2.05, 4.69) is 58.9 Å². The molecule has 0 aliphatic carbocycles. The van der Waals surface area contributed by atoms with Crippen LogP contribution in [0.15, 0.2) is 40.9 Å². The summed E-state index contributed by atoms with van der Waals surface area (Å²) in [5.74, 6) is 0. The van der Waals surface area contributed by atoms with Gasteiger partial charge in [-0.2, -0.15) is 0 Å². The highest BCUT2D eigenvalue weighted by atomic mass is 79.9. The van der Waals surface area contributed by atoms with Crippen molar-refractivity contribution in [2.45, 2.75) is 26.8 Å². The zero-order valence-electron chi connectivity index (χ0n) is 13.1. The van der Waals surface area contributed by atoms with Gasteiger partial charge in [0.05, 0.1) is 12.6 Å². The molecule has 0 saturated heterocycles. The van der Waals surface area contributed by atoms with Crippen LogP contribution in [0.4, 0.5) is 5.69 Å². The molecule has 0 bridgehead atoms. The fourth-order valence-corrected chi connectivity index (χ4v) is 3.02. The Balaban J connectivity index is 2.37. The highest BCUT2D eigenvalue weighted by molar-refractivity contribution is 9.10. The molecule has 0 saturated carbocycles. The summed E-state index contributed by atoms with van der Waals surface area (Å²) in [6.07, 6.45) is 0. The van der Waals surface area contributed by atoms with E-state index in [4.69, 9.17) is 11.6 Å². The third-order valence-electron chi connectivity index (χ3n) is 3.96. The first-order valence-corrected chi connectivity index (χ1v) is 8.51. The molecule has 0 amide bonds. The number of anilines is 1. The summed E-state index contributed by atoms with van der Waals surface area (Å²) in [6, 6.07) is 12.5. The van der Waals surface area contributed by atoms with Gasteiger partial charge in [-0.1, -0.05) is 39.7 Å². The van der Waals surface area contributed by atoms with Gasteiger partial charge in [0.2, 0.25) is 0 Å². The molecule has 2 nitrogen and oxygen atoms in total. The Labute approximate surface area is 145 Å². The molecular weight excluding hydrogens is 362 g/mol. The molecule has 4 heteroatoms. The molecule has 1 N–H and O–H groups in total. The van der Waals surface area contributed by atoms with Crippen LogP contribution in [-0.2, 0) is 0 Å². The molecule has 0 heterocycles. The standard InChI is InChI=1S/C18H21BrClNO/c1-12-4-5-15(11-17(12)19)14(3)21(8-9-22)16-6-7-18(20)13(2)10-16/h4-7,10-11,14,22H,8-9H2,1-3H3. The molecule has 2 aromatic rings. The van der Waals surface area contributed by atoms with Gasteiger partial charge in [-0.05, 0) is 61.7 Å². The van der Waals surface area contributed by atoms with Crippen LogP contribution >= 0.6 is 27.5 Å². The molecule has 118 valence electrons. The van der Waals surface area contributed by atoms with Crippen LogP contribution in [0.25, 0.3) is 0 Å². The molecule has 1 unspecified atom stereocenters. The lowest BCUT2D eigenvalue weighted by atomic mass is 10.0. The maximum absolute atomic E-state index is 9.44. The Kier molecular flexibility index (Phi) is 5.90. The van der Waals surface area contributed by atoms with Gasteiger partial charge < -0.3 is 10.0 Å². The Morgan fingerprint density at radius 2 is 1.86 bits per heavy atom. The molecular formula is C18H21BrClNO. The quantitative estimate of drug-likeness (QED) is 0.760. The number of aliphatic hydroxyl groups is 1. The fourth-order valence-electron chi connectivity index (χ4n) is 2.51. The molecule has 22 heavy (non-hydrogen) atoms. The Morgan fingerprint density at radius 1 is 1.14 bits per heavy atom. The predicted octanol–water partition coefficient (Wildman–Crippen LogP) is 5.28. The molecule has 0 aliphatic heterocycles. The second-order valence-corrected chi connectivity index (χ2v) is 6.80. The Bertz CT molecular complexity index is 660. The maximum atomic E-state index is 9.44. The number of nitrogens with zero attached hydrogens (tertiary/aromatic N) is 1. The first-order chi connectivity index (χ1) is 10.4. The number of rotatable bonds is 5. The number of hydrogen-bond acceptors (Lipinski definition) is 2. The van der Waals surface area contributed by atoms with Gasteiger partial charge in [0, 0.05) is 21.7 Å². The molecule has 0 spiro atoms. The van der Waals surface area contributed by atoms with Crippen LogP contribution in [0.5, 0.6) is 0 Å². The third-order valence-corrected chi connectivity index (χ3v) is 5.24. The summed E-state index contributed by atoms with van der Waals surface area (Å²) < 4.78 is 1.10. The van der Waals surface area contributed by atoms with Crippen molar-refractivity contribution in [1.82, 2.24) is 0 Å². The minimum Gasteiger partial charge on any atom is -0.395 e. The van der Waals surface area contributed by atoms with Crippen molar-refractivity contribution in [3.63, 3.8) is 0 Å². The lowest BCUT2D eigenvalue weighted by Gasteiger charge is -2.32. The van der Waals surface area contributed by atoms with E-state index in [1.165, 1.54) is 11.1 Å². The predicted molar refractivity (Wildman–Crippen MR) is 97.9 cm³/mol. The van der Waals surface area contributed by atoms with E-state index in [1.807, 2.05) is 19.1 Å². The average molecular weight is 383 g/mol. The highest BCUT2D eigenvalue weighted by Crippen LogP contribution is 2.31. The smallest absolute Gasteiger partial charge is 0.0606 e. The SMILES string of the molecule is Cc1cc(N(CCO)C(C)c2ccc(C)c(Br)c2)ccc1Cl. The van der Waals surface area contributed by atoms with Crippen molar-refractivity contribution in [2.24, 2.45) is 0 Å². The van der Waals surface area contributed by atoms with Gasteiger partial charge in [-0.3, -0.25) is 0 Å². The first kappa shape index (κ1) is 17.3. The van der Waals surface area contributed by atoms with Gasteiger partial charge >= 0.3 is 0 Å². The molecule has 0 radical (unpaired) electrons. The zero-order chi connectivity index (χ0) is 16.3. The van der Waals surface area contributed by atoms with Crippen molar-refractivity contribution in [2.75, 3.05) is 18.1 Å². The summed E-state index contributed by atoms with van der Waals surface area (Å²) in [4.78, 5) is 2.19. The van der Waals surface area contributed by atoms with E-state index in [0.717, 1.165) is 20.7 Å². The largest absolute Gasteiger partial charge is 0.395 e. The summed E-state index contributed by atoms with van der Waals surface area (Å²) in [6.45, 7) is 6.91. The minimum atomic E-state index is 0.110. The molecule has 0 fully saturated rings. The topological polar surface area (TPSA) is 23.5 Å². The molecule has 0 aliphatic rings. The number of hydrogen-bond donors (Lipinski definition) is 1. The average Bonchev–Trinajstić information content (AvgIpc) is 2.50. The van der Waals surface area contributed by atoms with Crippen molar-refractivity contribution < 1.29 is 5.11 Å². The molecule has 2 rings (SSSR count). The van der Waals surface area contributed by atoms with Gasteiger partial charge in [-0.25, -0.2) is 0 Å². The second kappa shape index (κ2) is 7.49. The van der Waals surface area contributed by atoms with Crippen LogP contribution in [0.1, 0.15) is 29.7 Å². The zero-order valence-corrected chi connectivity index (χ0v) is 15.4. The fraction of sp³-hybridized carbons (Fsp3) is 0.333. The summed E-state index contributed by atoms with van der Waals surface area (Å²) >= 11 is 9.72. The lowest BCUT2D eigenvalue weighted by Crippen LogP contribution is -2.29. The number of aryl methyl sites for hydroxylation is 2. The van der Waals surface area contributed by atoms with Crippen molar-refractivity contribution in [1.29, 1.82) is 0 Å². The van der Waals surface area contributed by atoms with E-state index < -0.39 is 0 Å². The first-order valence-electron chi connectivity index (χ1n) is 7.33. The normalized spacial score (nSPS) is 12.3. The van der Waals surface area contributed by atoms with E-state index >= 15 is 0 Å². The Morgan fingerprint density at radius 3 is 2.45 bits per heavy atom. The molecule has 2 aromatic carbocycles. The van der Waals surface area contributed by atoms with Gasteiger partial charge in [0.1, 0.15) is 0 Å². The van der Waals surface area contributed by atoms with Crippen LogP contribution in [0, 0.1) is 13.8 Å². The van der Waals surface area contributed by atoms with Crippen molar-refractivity contribution in [3.05, 3.63) is 62.6 Å². The van der Waals surface area contributed by atoms with Crippen LogP contribution in [-0.4, -0.2) is 18.3 Å². The number of aliphatic hydroxyl groups excluding tert-OH is 1.